The molecule has 0 bridgehead atoms. The number of rotatable bonds is 4. The fraction of sp³-hybridized carbons (Fsp3) is 0.571. The summed E-state index contributed by atoms with van der Waals surface area (Å²) in [5, 5.41) is 10.0. The Bertz CT molecular complexity index is 591. The summed E-state index contributed by atoms with van der Waals surface area (Å²) in [6.07, 6.45) is 3.58. The predicted octanol–water partition coefficient (Wildman–Crippen LogP) is 2.43. The normalized spacial score (nSPS) is 23.6. The SMILES string of the molecule is COc1ccc(S(=O)(=O)NC2CCCCCC2O)cc1Br. The monoisotopic (exact) mass is 377 g/mol. The van der Waals surface area contributed by atoms with Crippen LogP contribution in [0.2, 0.25) is 0 Å². The van der Waals surface area contributed by atoms with Crippen molar-refractivity contribution in [3.8, 4) is 5.75 Å². The molecule has 0 radical (unpaired) electrons. The summed E-state index contributed by atoms with van der Waals surface area (Å²) in [7, 11) is -2.13. The maximum Gasteiger partial charge on any atom is 0.240 e. The van der Waals surface area contributed by atoms with Crippen molar-refractivity contribution >= 4 is 26.0 Å². The Hall–Kier alpha value is -0.630. The zero-order valence-electron chi connectivity index (χ0n) is 11.9. The molecule has 2 N–H and O–H groups in total. The molecule has 2 atom stereocenters. The molecule has 1 aliphatic carbocycles. The van der Waals surface area contributed by atoms with Gasteiger partial charge in [0.25, 0.3) is 0 Å². The van der Waals surface area contributed by atoms with E-state index in [9.17, 15) is 13.5 Å². The first-order valence-electron chi connectivity index (χ1n) is 6.98. The molecular weight excluding hydrogens is 358 g/mol. The third kappa shape index (κ3) is 4.18. The summed E-state index contributed by atoms with van der Waals surface area (Å²) in [4.78, 5) is 0.159. The van der Waals surface area contributed by atoms with Crippen molar-refractivity contribution < 1.29 is 18.3 Å². The third-order valence-electron chi connectivity index (χ3n) is 3.72. The van der Waals surface area contributed by atoms with Crippen molar-refractivity contribution in [1.29, 1.82) is 0 Å². The van der Waals surface area contributed by atoms with E-state index in [2.05, 4.69) is 20.7 Å². The average Bonchev–Trinajstić information content (AvgIpc) is 2.64. The van der Waals surface area contributed by atoms with Crippen molar-refractivity contribution in [3.63, 3.8) is 0 Å². The van der Waals surface area contributed by atoms with Crippen LogP contribution in [-0.4, -0.2) is 32.8 Å². The van der Waals surface area contributed by atoms with Crippen molar-refractivity contribution in [2.45, 2.75) is 49.1 Å². The summed E-state index contributed by atoms with van der Waals surface area (Å²) in [6.45, 7) is 0. The van der Waals surface area contributed by atoms with Crippen LogP contribution < -0.4 is 9.46 Å². The van der Waals surface area contributed by atoms with E-state index in [4.69, 9.17) is 4.74 Å². The van der Waals surface area contributed by atoms with Crippen LogP contribution in [0.15, 0.2) is 27.6 Å². The number of aliphatic hydroxyl groups excluding tert-OH is 1. The van der Waals surface area contributed by atoms with Crippen LogP contribution in [-0.2, 0) is 10.0 Å². The van der Waals surface area contributed by atoms with Gasteiger partial charge in [0.15, 0.2) is 0 Å². The Labute approximate surface area is 133 Å². The summed E-state index contributed by atoms with van der Waals surface area (Å²) in [5.74, 6) is 0.573. The molecule has 2 unspecified atom stereocenters. The number of sulfonamides is 1. The average molecular weight is 378 g/mol. The third-order valence-corrected chi connectivity index (χ3v) is 5.83. The van der Waals surface area contributed by atoms with Gasteiger partial charge in [-0.25, -0.2) is 13.1 Å². The molecular formula is C14H20BrNO4S. The van der Waals surface area contributed by atoms with Gasteiger partial charge in [-0.2, -0.15) is 0 Å². The summed E-state index contributed by atoms with van der Waals surface area (Å²) >= 11 is 3.28. The van der Waals surface area contributed by atoms with Gasteiger partial charge in [0, 0.05) is 6.04 Å². The highest BCUT2D eigenvalue weighted by Gasteiger charge is 2.27. The summed E-state index contributed by atoms with van der Waals surface area (Å²) in [5.41, 5.74) is 0. The van der Waals surface area contributed by atoms with Crippen LogP contribution in [0.1, 0.15) is 32.1 Å². The fourth-order valence-electron chi connectivity index (χ4n) is 2.51. The van der Waals surface area contributed by atoms with Gasteiger partial charge in [0.1, 0.15) is 5.75 Å². The molecule has 7 heteroatoms. The van der Waals surface area contributed by atoms with E-state index in [1.54, 1.807) is 6.07 Å². The van der Waals surface area contributed by atoms with Crippen LogP contribution in [0.3, 0.4) is 0 Å². The van der Waals surface area contributed by atoms with E-state index in [1.165, 1.54) is 19.2 Å². The van der Waals surface area contributed by atoms with Crippen molar-refractivity contribution in [1.82, 2.24) is 4.72 Å². The van der Waals surface area contributed by atoms with Gasteiger partial charge in [-0.15, -0.1) is 0 Å². The lowest BCUT2D eigenvalue weighted by molar-refractivity contribution is 0.130. The molecule has 1 saturated carbocycles. The van der Waals surface area contributed by atoms with Crippen LogP contribution >= 0.6 is 15.9 Å². The minimum absolute atomic E-state index is 0.159. The molecule has 0 amide bonds. The number of benzene rings is 1. The first kappa shape index (κ1) is 16.7. The zero-order valence-corrected chi connectivity index (χ0v) is 14.3. The van der Waals surface area contributed by atoms with Gasteiger partial charge in [-0.05, 0) is 47.0 Å². The Morgan fingerprint density at radius 1 is 1.29 bits per heavy atom. The molecule has 1 aliphatic rings. The Balaban J connectivity index is 2.19. The van der Waals surface area contributed by atoms with Crippen molar-refractivity contribution in [3.05, 3.63) is 22.7 Å². The molecule has 118 valence electrons. The topological polar surface area (TPSA) is 75.6 Å². The highest BCUT2D eigenvalue weighted by Crippen LogP contribution is 2.28. The van der Waals surface area contributed by atoms with E-state index in [-0.39, 0.29) is 4.90 Å². The van der Waals surface area contributed by atoms with Crippen LogP contribution in [0, 0.1) is 0 Å². The van der Waals surface area contributed by atoms with E-state index < -0.39 is 22.2 Å². The molecule has 5 nitrogen and oxygen atoms in total. The second kappa shape index (κ2) is 7.09. The van der Waals surface area contributed by atoms with E-state index in [1.807, 2.05) is 0 Å². The van der Waals surface area contributed by atoms with E-state index >= 15 is 0 Å². The number of hydrogen-bond donors (Lipinski definition) is 2. The van der Waals surface area contributed by atoms with Gasteiger partial charge in [-0.1, -0.05) is 19.3 Å². The van der Waals surface area contributed by atoms with Crippen LogP contribution in [0.25, 0.3) is 0 Å². The zero-order chi connectivity index (χ0) is 15.5. The molecule has 0 aromatic heterocycles. The molecule has 0 saturated heterocycles. The van der Waals surface area contributed by atoms with E-state index in [0.29, 0.717) is 23.1 Å². The maximum atomic E-state index is 12.4. The Morgan fingerprint density at radius 3 is 2.67 bits per heavy atom. The van der Waals surface area contributed by atoms with Gasteiger partial charge in [0.05, 0.1) is 22.6 Å². The fourth-order valence-corrected chi connectivity index (χ4v) is 4.53. The van der Waals surface area contributed by atoms with Gasteiger partial charge < -0.3 is 9.84 Å². The van der Waals surface area contributed by atoms with Gasteiger partial charge >= 0.3 is 0 Å². The number of aliphatic hydroxyl groups is 1. The maximum absolute atomic E-state index is 12.4. The first-order valence-corrected chi connectivity index (χ1v) is 9.25. The molecule has 0 aliphatic heterocycles. The minimum atomic E-state index is -3.65. The molecule has 1 fully saturated rings. The summed E-state index contributed by atoms with van der Waals surface area (Å²) in [6, 6.07) is 4.18. The second-order valence-corrected chi connectivity index (χ2v) is 7.80. The van der Waals surface area contributed by atoms with Crippen molar-refractivity contribution in [2.75, 3.05) is 7.11 Å². The Kier molecular flexibility index (Phi) is 5.65. The molecule has 2 rings (SSSR count). The van der Waals surface area contributed by atoms with Gasteiger partial charge in [0.2, 0.25) is 10.0 Å². The highest BCUT2D eigenvalue weighted by molar-refractivity contribution is 9.10. The standard InChI is InChI=1S/C14H20BrNO4S/c1-20-14-8-7-10(9-11(14)15)21(18,19)16-12-5-3-2-4-6-13(12)17/h7-9,12-13,16-17H,2-6H2,1H3. The number of methoxy groups -OCH3 is 1. The second-order valence-electron chi connectivity index (χ2n) is 5.23. The van der Waals surface area contributed by atoms with Gasteiger partial charge in [-0.3, -0.25) is 0 Å². The van der Waals surface area contributed by atoms with Crippen LogP contribution in [0.5, 0.6) is 5.75 Å². The quantitative estimate of drug-likeness (QED) is 0.790. The molecule has 1 aromatic carbocycles. The number of nitrogens with one attached hydrogen (secondary N) is 1. The predicted molar refractivity (Wildman–Crippen MR) is 83.9 cm³/mol. The largest absolute Gasteiger partial charge is 0.496 e. The number of ether oxygens (including phenoxy) is 1. The van der Waals surface area contributed by atoms with Crippen molar-refractivity contribution in [2.24, 2.45) is 0 Å². The molecule has 0 heterocycles. The minimum Gasteiger partial charge on any atom is -0.496 e. The molecule has 1 aromatic rings. The number of hydrogen-bond acceptors (Lipinski definition) is 4. The van der Waals surface area contributed by atoms with E-state index in [0.717, 1.165) is 19.3 Å². The van der Waals surface area contributed by atoms with Crippen LogP contribution in [0.4, 0.5) is 0 Å². The summed E-state index contributed by atoms with van der Waals surface area (Å²) < 4.78 is 33.2. The first-order chi connectivity index (χ1) is 9.94. The molecule has 21 heavy (non-hydrogen) atoms. The lowest BCUT2D eigenvalue weighted by Gasteiger charge is -2.21. The Morgan fingerprint density at radius 2 is 2.00 bits per heavy atom. The lowest BCUT2D eigenvalue weighted by atomic mass is 10.1. The lowest BCUT2D eigenvalue weighted by Crippen LogP contribution is -2.42. The molecule has 0 spiro atoms. The highest BCUT2D eigenvalue weighted by atomic mass is 79.9. The number of halogens is 1. The smallest absolute Gasteiger partial charge is 0.240 e.